The molecule has 0 aromatic heterocycles. The van der Waals surface area contributed by atoms with Crippen LogP contribution in [0.15, 0.2) is 96.2 Å². The van der Waals surface area contributed by atoms with Crippen molar-refractivity contribution in [2.24, 2.45) is 5.16 Å². The minimum atomic E-state index is -2.80. The predicted octanol–water partition coefficient (Wildman–Crippen LogP) is 3.35. The topological polar surface area (TPSA) is 45.4 Å². The van der Waals surface area contributed by atoms with Gasteiger partial charge in [0.25, 0.3) is 0 Å². The van der Waals surface area contributed by atoms with Crippen molar-refractivity contribution in [2.45, 2.75) is 19.8 Å². The van der Waals surface area contributed by atoms with Gasteiger partial charge in [0.1, 0.15) is 0 Å². The summed E-state index contributed by atoms with van der Waals surface area (Å²) in [5, 5.41) is 16.7. The molecule has 4 heteroatoms. The summed E-state index contributed by atoms with van der Waals surface area (Å²) >= 11 is 0. The van der Waals surface area contributed by atoms with Crippen molar-refractivity contribution in [2.75, 3.05) is 0 Å². The van der Waals surface area contributed by atoms with Crippen LogP contribution in [0.5, 0.6) is 0 Å². The van der Waals surface area contributed by atoms with E-state index < -0.39 is 8.32 Å². The fourth-order valence-electron chi connectivity index (χ4n) is 3.11. The molecule has 3 rings (SSSR count). The molecule has 0 saturated carbocycles. The first kappa shape index (κ1) is 18.6. The summed E-state index contributed by atoms with van der Waals surface area (Å²) in [6.45, 7) is 1.91. The van der Waals surface area contributed by atoms with Gasteiger partial charge in [-0.25, -0.2) is 0 Å². The fraction of sp³-hybridized carbons (Fsp3) is 0.130. The van der Waals surface area contributed by atoms with Crippen molar-refractivity contribution in [3.63, 3.8) is 0 Å². The standard InChI is InChI=1S/C23H22N2OSi/c1-20(12-11-19-24)25-26-27(21-13-5-2-6-14-21,22-15-7-3-8-16-22)23-17-9-4-10-18-23/h2-10,13-18H,11-12H2,1H3. The zero-order valence-corrected chi connectivity index (χ0v) is 16.4. The van der Waals surface area contributed by atoms with Gasteiger partial charge in [0.05, 0.1) is 11.8 Å². The van der Waals surface area contributed by atoms with E-state index in [0.29, 0.717) is 12.8 Å². The fourth-order valence-corrected chi connectivity index (χ4v) is 6.70. The molecule has 0 amide bonds. The molecule has 0 radical (unpaired) electrons. The Morgan fingerprint density at radius 2 is 1.22 bits per heavy atom. The van der Waals surface area contributed by atoms with E-state index in [4.69, 9.17) is 9.79 Å². The lowest BCUT2D eigenvalue weighted by molar-refractivity contribution is 0.347. The zero-order valence-electron chi connectivity index (χ0n) is 15.4. The van der Waals surface area contributed by atoms with Gasteiger partial charge in [0, 0.05) is 12.8 Å². The van der Waals surface area contributed by atoms with E-state index in [1.807, 2.05) is 61.5 Å². The Kier molecular flexibility index (Phi) is 6.19. The highest BCUT2D eigenvalue weighted by Crippen LogP contribution is 2.11. The Morgan fingerprint density at radius 1 is 0.815 bits per heavy atom. The van der Waals surface area contributed by atoms with Crippen LogP contribution >= 0.6 is 0 Å². The van der Waals surface area contributed by atoms with Gasteiger partial charge >= 0.3 is 8.32 Å². The van der Waals surface area contributed by atoms with Crippen molar-refractivity contribution in [1.29, 1.82) is 5.26 Å². The average molecular weight is 371 g/mol. The number of rotatable bonds is 7. The van der Waals surface area contributed by atoms with Gasteiger partial charge in [-0.2, -0.15) is 5.26 Å². The maximum atomic E-state index is 8.84. The first-order chi connectivity index (χ1) is 13.3. The Bertz CT molecular complexity index is 822. The predicted molar refractivity (Wildman–Crippen MR) is 113 cm³/mol. The van der Waals surface area contributed by atoms with Crippen molar-refractivity contribution in [1.82, 2.24) is 0 Å². The Hall–Kier alpha value is -3.16. The second-order valence-electron chi connectivity index (χ2n) is 6.36. The van der Waals surface area contributed by atoms with E-state index in [1.165, 1.54) is 0 Å². The van der Waals surface area contributed by atoms with Crippen molar-refractivity contribution in [3.8, 4) is 6.07 Å². The third-order valence-electron chi connectivity index (χ3n) is 4.48. The molecule has 0 atom stereocenters. The second kappa shape index (κ2) is 8.97. The maximum Gasteiger partial charge on any atom is 0.380 e. The molecule has 0 aliphatic rings. The summed E-state index contributed by atoms with van der Waals surface area (Å²) in [7, 11) is -2.80. The Balaban J connectivity index is 2.19. The van der Waals surface area contributed by atoms with Crippen molar-refractivity contribution in [3.05, 3.63) is 91.0 Å². The van der Waals surface area contributed by atoms with Crippen molar-refractivity contribution < 1.29 is 4.53 Å². The highest BCUT2D eigenvalue weighted by atomic mass is 28.4. The second-order valence-corrected chi connectivity index (χ2v) is 9.63. The minimum absolute atomic E-state index is 0.440. The average Bonchev–Trinajstić information content (AvgIpc) is 2.75. The molecule has 0 unspecified atom stereocenters. The van der Waals surface area contributed by atoms with Gasteiger partial charge in [0.15, 0.2) is 0 Å². The third-order valence-corrected chi connectivity index (χ3v) is 8.28. The van der Waals surface area contributed by atoms with Crippen LogP contribution < -0.4 is 15.6 Å². The van der Waals surface area contributed by atoms with Gasteiger partial charge in [-0.05, 0) is 22.5 Å². The summed E-state index contributed by atoms with van der Waals surface area (Å²) < 4.78 is 6.46. The monoisotopic (exact) mass is 370 g/mol. The lowest BCUT2D eigenvalue weighted by Crippen LogP contribution is -2.68. The maximum absolute atomic E-state index is 8.84. The van der Waals surface area contributed by atoms with Crippen LogP contribution in [0, 0.1) is 11.3 Å². The lowest BCUT2D eigenvalue weighted by Gasteiger charge is -2.30. The number of benzene rings is 3. The van der Waals surface area contributed by atoms with Gasteiger partial charge in [0.2, 0.25) is 0 Å². The number of hydrogen-bond donors (Lipinski definition) is 0. The normalized spacial score (nSPS) is 11.6. The molecule has 27 heavy (non-hydrogen) atoms. The van der Waals surface area contributed by atoms with Crippen LogP contribution in [0.25, 0.3) is 0 Å². The molecule has 0 fully saturated rings. The molecule has 0 bridgehead atoms. The van der Waals surface area contributed by atoms with Crippen LogP contribution in [-0.4, -0.2) is 14.0 Å². The van der Waals surface area contributed by atoms with Gasteiger partial charge in [-0.3, -0.25) is 0 Å². The highest BCUT2D eigenvalue weighted by Gasteiger charge is 2.44. The molecule has 0 N–H and O–H groups in total. The van der Waals surface area contributed by atoms with Crippen LogP contribution in [0.2, 0.25) is 0 Å². The molecule has 134 valence electrons. The molecular weight excluding hydrogens is 348 g/mol. The smallest absolute Gasteiger partial charge is 0.380 e. The van der Waals surface area contributed by atoms with Crippen LogP contribution in [0.3, 0.4) is 0 Å². The molecule has 0 aliphatic carbocycles. The number of oxime groups is 1. The van der Waals surface area contributed by atoms with Gasteiger partial charge < -0.3 is 4.53 Å². The Morgan fingerprint density at radius 3 is 1.59 bits per heavy atom. The van der Waals surface area contributed by atoms with E-state index in [-0.39, 0.29) is 0 Å². The van der Waals surface area contributed by atoms with E-state index in [2.05, 4.69) is 47.6 Å². The van der Waals surface area contributed by atoms with Crippen molar-refractivity contribution >= 4 is 29.6 Å². The Labute approximate surface area is 161 Å². The first-order valence-electron chi connectivity index (χ1n) is 9.02. The van der Waals surface area contributed by atoms with E-state index >= 15 is 0 Å². The lowest BCUT2D eigenvalue weighted by atomic mass is 10.2. The van der Waals surface area contributed by atoms with Crippen LogP contribution in [0.1, 0.15) is 19.8 Å². The summed E-state index contributed by atoms with van der Waals surface area (Å²) in [5.41, 5.74) is 0.830. The molecule has 0 spiro atoms. The quantitative estimate of drug-likeness (QED) is 0.277. The minimum Gasteiger partial charge on any atom is -0.438 e. The number of nitrogens with zero attached hydrogens (tertiary/aromatic N) is 2. The first-order valence-corrected chi connectivity index (χ1v) is 10.9. The van der Waals surface area contributed by atoms with Crippen LogP contribution in [0.4, 0.5) is 0 Å². The van der Waals surface area contributed by atoms with E-state index in [9.17, 15) is 0 Å². The molecule has 0 aliphatic heterocycles. The van der Waals surface area contributed by atoms with E-state index in [0.717, 1.165) is 21.3 Å². The van der Waals surface area contributed by atoms with Crippen LogP contribution in [-0.2, 0) is 4.53 Å². The van der Waals surface area contributed by atoms with E-state index in [1.54, 1.807) is 0 Å². The molecule has 3 aromatic rings. The number of hydrogen-bond acceptors (Lipinski definition) is 3. The SMILES string of the molecule is CC(CCC#N)=NO[Si](c1ccccc1)(c1ccccc1)c1ccccc1. The summed E-state index contributed by atoms with van der Waals surface area (Å²) in [6.07, 6.45) is 1.05. The largest absolute Gasteiger partial charge is 0.438 e. The summed E-state index contributed by atoms with van der Waals surface area (Å²) in [5.74, 6) is 0. The third kappa shape index (κ3) is 4.16. The molecular formula is C23H22N2OSi. The highest BCUT2D eigenvalue weighted by molar-refractivity contribution is 7.07. The van der Waals surface area contributed by atoms with Gasteiger partial charge in [-0.1, -0.05) is 91.0 Å². The summed E-state index contributed by atoms with van der Waals surface area (Å²) in [6, 6.07) is 33.2. The molecule has 3 aromatic carbocycles. The zero-order chi connectivity index (χ0) is 19.0. The molecule has 0 heterocycles. The number of nitriles is 1. The van der Waals surface area contributed by atoms with Gasteiger partial charge in [-0.15, -0.1) is 5.16 Å². The molecule has 0 saturated heterocycles. The summed E-state index contributed by atoms with van der Waals surface area (Å²) in [4.78, 5) is 0. The molecule has 3 nitrogen and oxygen atoms in total.